The number of nitrogens with two attached hydrogens (primary N) is 1. The summed E-state index contributed by atoms with van der Waals surface area (Å²) in [4.78, 5) is 11.3. The Bertz CT molecular complexity index is 678. The molecule has 4 N–H and O–H groups in total. The Balaban J connectivity index is 2.33. The fraction of sp³-hybridized carbons (Fsp3) is 0.500. The van der Waals surface area contributed by atoms with Gasteiger partial charge in [0.2, 0.25) is 14.8 Å². The molecule has 6 nitrogen and oxygen atoms in total. The van der Waals surface area contributed by atoms with Crippen LogP contribution in [-0.4, -0.2) is 30.3 Å². The molecule has 116 valence electrons. The highest BCUT2D eigenvalue weighted by atomic mass is 32.2. The third-order valence-electron chi connectivity index (χ3n) is 3.84. The van der Waals surface area contributed by atoms with Crippen LogP contribution in [0.25, 0.3) is 0 Å². The Morgan fingerprint density at radius 3 is 2.38 bits per heavy atom. The van der Waals surface area contributed by atoms with Crippen LogP contribution in [0, 0.1) is 0 Å². The van der Waals surface area contributed by atoms with Crippen molar-refractivity contribution in [3.63, 3.8) is 0 Å². The van der Waals surface area contributed by atoms with Crippen LogP contribution in [0.1, 0.15) is 32.8 Å². The number of anilines is 1. The lowest BCUT2D eigenvalue weighted by atomic mass is 9.86. The number of carbonyl (C=O) groups is 1. The first-order valence-corrected chi connectivity index (χ1v) is 8.16. The monoisotopic (exact) mass is 312 g/mol. The van der Waals surface area contributed by atoms with Gasteiger partial charge in [0.15, 0.2) is 0 Å². The van der Waals surface area contributed by atoms with Gasteiger partial charge in [0.1, 0.15) is 0 Å². The number of benzene rings is 1. The summed E-state index contributed by atoms with van der Waals surface area (Å²) >= 11 is 0. The largest absolute Gasteiger partial charge is 0.480 e. The molecule has 0 aliphatic heterocycles. The molecule has 1 saturated carbocycles. The molecule has 0 amide bonds. The summed E-state index contributed by atoms with van der Waals surface area (Å²) < 4.78 is 21.3. The molecule has 0 radical (unpaired) electrons. The van der Waals surface area contributed by atoms with E-state index in [2.05, 4.69) is 5.32 Å². The van der Waals surface area contributed by atoms with Crippen LogP contribution in [0.15, 0.2) is 24.3 Å². The van der Waals surface area contributed by atoms with Gasteiger partial charge in [-0.2, -0.15) is 0 Å². The van der Waals surface area contributed by atoms with Crippen LogP contribution in [0.5, 0.6) is 0 Å². The van der Waals surface area contributed by atoms with E-state index in [1.54, 1.807) is 0 Å². The van der Waals surface area contributed by atoms with Gasteiger partial charge in [-0.3, -0.25) is 4.79 Å². The van der Waals surface area contributed by atoms with E-state index in [1.807, 2.05) is 45.0 Å². The molecule has 0 spiro atoms. The average Bonchev–Trinajstić information content (AvgIpc) is 3.03. The molecule has 1 aromatic carbocycles. The SMILES string of the molecule is CC(C)(C)c1ccccc1NC1CC1(C(=O)O)S(N)(=O)=O. The predicted molar refractivity (Wildman–Crippen MR) is 80.6 cm³/mol. The Hall–Kier alpha value is -1.60. The third-order valence-corrected chi connectivity index (χ3v) is 5.49. The summed E-state index contributed by atoms with van der Waals surface area (Å²) in [5.74, 6) is -1.41. The van der Waals surface area contributed by atoms with Crippen molar-refractivity contribution in [2.24, 2.45) is 5.14 Å². The van der Waals surface area contributed by atoms with Crippen molar-refractivity contribution >= 4 is 21.7 Å². The van der Waals surface area contributed by atoms with Crippen LogP contribution in [0.2, 0.25) is 0 Å². The van der Waals surface area contributed by atoms with Crippen molar-refractivity contribution in [3.8, 4) is 0 Å². The highest BCUT2D eigenvalue weighted by Crippen LogP contribution is 2.45. The van der Waals surface area contributed by atoms with Crippen LogP contribution in [0.4, 0.5) is 5.69 Å². The number of carboxylic acid groups (broad SMARTS) is 1. The first-order valence-electron chi connectivity index (χ1n) is 6.62. The van der Waals surface area contributed by atoms with Gasteiger partial charge < -0.3 is 10.4 Å². The normalized spacial score (nSPS) is 25.4. The van der Waals surface area contributed by atoms with Crippen LogP contribution >= 0.6 is 0 Å². The summed E-state index contributed by atoms with van der Waals surface area (Å²) in [5.41, 5.74) is 1.58. The molecule has 2 atom stereocenters. The van der Waals surface area contributed by atoms with Crippen molar-refractivity contribution in [1.82, 2.24) is 0 Å². The van der Waals surface area contributed by atoms with Gasteiger partial charge in [0, 0.05) is 12.1 Å². The number of para-hydroxylation sites is 1. The van der Waals surface area contributed by atoms with E-state index in [-0.39, 0.29) is 11.8 Å². The van der Waals surface area contributed by atoms with E-state index < -0.39 is 26.8 Å². The maximum atomic E-state index is 11.6. The van der Waals surface area contributed by atoms with Gasteiger partial charge in [-0.15, -0.1) is 0 Å². The first-order chi connectivity index (χ1) is 9.50. The number of rotatable bonds is 4. The Kier molecular flexibility index (Phi) is 3.54. The van der Waals surface area contributed by atoms with Gasteiger partial charge >= 0.3 is 5.97 Å². The van der Waals surface area contributed by atoms with Crippen LogP contribution < -0.4 is 10.5 Å². The maximum absolute atomic E-state index is 11.6. The summed E-state index contributed by atoms with van der Waals surface area (Å²) in [6.45, 7) is 6.10. The number of hydrogen-bond donors (Lipinski definition) is 3. The Labute approximate surface area is 124 Å². The average molecular weight is 312 g/mol. The highest BCUT2D eigenvalue weighted by molar-refractivity contribution is 7.91. The molecule has 1 aliphatic carbocycles. The van der Waals surface area contributed by atoms with Crippen molar-refractivity contribution < 1.29 is 18.3 Å². The minimum absolute atomic E-state index is 0.0281. The predicted octanol–water partition coefficient (Wildman–Crippen LogP) is 1.28. The zero-order valence-electron chi connectivity index (χ0n) is 12.3. The molecule has 21 heavy (non-hydrogen) atoms. The van der Waals surface area contributed by atoms with Crippen molar-refractivity contribution in [2.75, 3.05) is 5.32 Å². The molecule has 0 aromatic heterocycles. The molecule has 2 rings (SSSR count). The van der Waals surface area contributed by atoms with Gasteiger partial charge in [0.05, 0.1) is 6.04 Å². The zero-order chi connectivity index (χ0) is 16.1. The third kappa shape index (κ3) is 2.63. The van der Waals surface area contributed by atoms with Crippen molar-refractivity contribution in [2.45, 2.75) is 43.4 Å². The van der Waals surface area contributed by atoms with Gasteiger partial charge in [0.25, 0.3) is 0 Å². The van der Waals surface area contributed by atoms with E-state index >= 15 is 0 Å². The van der Waals surface area contributed by atoms with Gasteiger partial charge in [-0.1, -0.05) is 39.0 Å². The maximum Gasteiger partial charge on any atom is 0.328 e. The number of sulfonamides is 1. The quantitative estimate of drug-likeness (QED) is 0.776. The van der Waals surface area contributed by atoms with E-state index in [4.69, 9.17) is 5.14 Å². The van der Waals surface area contributed by atoms with E-state index in [9.17, 15) is 18.3 Å². The lowest BCUT2D eigenvalue weighted by Gasteiger charge is -2.24. The lowest BCUT2D eigenvalue weighted by molar-refractivity contribution is -0.137. The fourth-order valence-electron chi connectivity index (χ4n) is 2.54. The molecule has 7 heteroatoms. The summed E-state index contributed by atoms with van der Waals surface area (Å²) in [6, 6.07) is 6.74. The first kappa shape index (κ1) is 15.8. The molecule has 0 bridgehead atoms. The summed E-state index contributed by atoms with van der Waals surface area (Å²) in [6.07, 6.45) is -0.0281. The van der Waals surface area contributed by atoms with Crippen LogP contribution in [-0.2, 0) is 20.2 Å². The second-order valence-corrected chi connectivity index (χ2v) is 8.25. The molecule has 1 aliphatic rings. The lowest BCUT2D eigenvalue weighted by Crippen LogP contribution is -2.42. The minimum Gasteiger partial charge on any atom is -0.480 e. The molecular formula is C14H20N2O4S. The second-order valence-electron chi connectivity index (χ2n) is 6.44. The molecule has 1 aromatic rings. The number of nitrogens with one attached hydrogen (secondary N) is 1. The van der Waals surface area contributed by atoms with Gasteiger partial charge in [-0.05, 0) is 17.0 Å². The number of primary sulfonamides is 1. The van der Waals surface area contributed by atoms with Gasteiger partial charge in [-0.25, -0.2) is 13.6 Å². The van der Waals surface area contributed by atoms with Crippen LogP contribution in [0.3, 0.4) is 0 Å². The van der Waals surface area contributed by atoms with Crippen molar-refractivity contribution in [3.05, 3.63) is 29.8 Å². The molecule has 1 fully saturated rings. The minimum atomic E-state index is -4.17. The summed E-state index contributed by atoms with van der Waals surface area (Å²) in [7, 11) is -4.17. The second kappa shape index (κ2) is 4.71. The molecule has 0 saturated heterocycles. The number of hydrogen-bond acceptors (Lipinski definition) is 4. The van der Waals surface area contributed by atoms with Crippen molar-refractivity contribution in [1.29, 1.82) is 0 Å². The standard InChI is InChI=1S/C14H20N2O4S/c1-13(2,3)9-6-4-5-7-10(9)16-11-8-14(11,12(17)18)21(15,19)20/h4-7,11,16H,8H2,1-3H3,(H,17,18)(H2,15,19,20). The molecular weight excluding hydrogens is 292 g/mol. The Morgan fingerprint density at radius 1 is 1.38 bits per heavy atom. The highest BCUT2D eigenvalue weighted by Gasteiger charge is 2.69. The number of carboxylic acids is 1. The van der Waals surface area contributed by atoms with E-state index in [0.29, 0.717) is 0 Å². The van der Waals surface area contributed by atoms with E-state index in [0.717, 1.165) is 11.3 Å². The topological polar surface area (TPSA) is 109 Å². The molecule has 0 heterocycles. The fourth-order valence-corrected chi connectivity index (χ4v) is 3.63. The smallest absolute Gasteiger partial charge is 0.328 e. The Morgan fingerprint density at radius 2 is 1.95 bits per heavy atom. The van der Waals surface area contributed by atoms with E-state index in [1.165, 1.54) is 0 Å². The summed E-state index contributed by atoms with van der Waals surface area (Å²) in [5, 5.41) is 17.3. The zero-order valence-corrected chi connectivity index (χ0v) is 13.1. The molecule has 2 unspecified atom stereocenters. The number of aliphatic carboxylic acids is 1.